The number of aromatic nitrogens is 4. The standard InChI is InChI=1S/C30H38ClN5O9/c1-2-7-40-8-9-41-10-11-42-12-13-43-14-15-44-22-5-3-20(4-6-22)21-17-35(18-21)27-23-16-32-36(28(23)34-30(31)33-27)29-26(39)25(38)24(19-37)45-29/h1,3-6,16,21,24-26,29,37-39H,7-15,17-19H2/t24-,25-,26-,29-/m1/s1. The lowest BCUT2D eigenvalue weighted by atomic mass is 9.91. The second kappa shape index (κ2) is 16.5. The molecule has 3 N–H and O–H groups in total. The fraction of sp³-hybridized carbons (Fsp3) is 0.567. The molecule has 0 unspecified atom stereocenters. The highest BCUT2D eigenvalue weighted by molar-refractivity contribution is 6.28. The molecule has 2 aliphatic heterocycles. The summed E-state index contributed by atoms with van der Waals surface area (Å²) in [6.07, 6.45) is 2.19. The number of anilines is 1. The number of ether oxygens (including phenoxy) is 6. The second-order valence-electron chi connectivity index (χ2n) is 10.5. The van der Waals surface area contributed by atoms with E-state index >= 15 is 0 Å². The number of benzene rings is 1. The van der Waals surface area contributed by atoms with Gasteiger partial charge >= 0.3 is 0 Å². The molecule has 2 fully saturated rings. The van der Waals surface area contributed by atoms with Crippen LogP contribution in [0, 0.1) is 12.3 Å². The molecule has 244 valence electrons. The summed E-state index contributed by atoms with van der Waals surface area (Å²) in [5.74, 6) is 4.07. The first-order chi connectivity index (χ1) is 22.0. The van der Waals surface area contributed by atoms with Gasteiger partial charge in [0.2, 0.25) is 5.28 Å². The van der Waals surface area contributed by atoms with Crippen LogP contribution in [0.3, 0.4) is 0 Å². The van der Waals surface area contributed by atoms with Crippen molar-refractivity contribution in [1.82, 2.24) is 19.7 Å². The lowest BCUT2D eigenvalue weighted by molar-refractivity contribution is -0.0566. The quantitative estimate of drug-likeness (QED) is 0.101. The van der Waals surface area contributed by atoms with E-state index in [1.165, 1.54) is 10.2 Å². The Kier molecular flexibility index (Phi) is 12.2. The molecule has 45 heavy (non-hydrogen) atoms. The van der Waals surface area contributed by atoms with Crippen molar-refractivity contribution in [3.63, 3.8) is 0 Å². The molecule has 2 aliphatic rings. The van der Waals surface area contributed by atoms with Crippen molar-refractivity contribution in [2.24, 2.45) is 0 Å². The molecule has 0 radical (unpaired) electrons. The van der Waals surface area contributed by atoms with Crippen LogP contribution >= 0.6 is 11.6 Å². The first kappa shape index (κ1) is 33.3. The molecule has 14 nitrogen and oxygen atoms in total. The number of aliphatic hydroxyl groups excluding tert-OH is 3. The number of terminal acetylenes is 1. The van der Waals surface area contributed by atoms with Crippen LogP contribution in [0.15, 0.2) is 30.5 Å². The average molecular weight is 648 g/mol. The van der Waals surface area contributed by atoms with Crippen LogP contribution in [-0.2, 0) is 23.7 Å². The van der Waals surface area contributed by atoms with Gasteiger partial charge in [-0.25, -0.2) is 4.68 Å². The lowest BCUT2D eigenvalue weighted by Crippen LogP contribution is -2.45. The van der Waals surface area contributed by atoms with Gasteiger partial charge in [0.25, 0.3) is 0 Å². The summed E-state index contributed by atoms with van der Waals surface area (Å²) in [4.78, 5) is 10.8. The highest BCUT2D eigenvalue weighted by atomic mass is 35.5. The van der Waals surface area contributed by atoms with Gasteiger partial charge in [0, 0.05) is 19.0 Å². The van der Waals surface area contributed by atoms with E-state index in [-0.39, 0.29) is 11.2 Å². The smallest absolute Gasteiger partial charge is 0.226 e. The van der Waals surface area contributed by atoms with E-state index in [4.69, 9.17) is 46.4 Å². The predicted molar refractivity (Wildman–Crippen MR) is 162 cm³/mol. The first-order valence-electron chi connectivity index (χ1n) is 14.8. The van der Waals surface area contributed by atoms with E-state index < -0.39 is 31.1 Å². The minimum Gasteiger partial charge on any atom is -0.491 e. The Bertz CT molecular complexity index is 1400. The minimum atomic E-state index is -1.29. The van der Waals surface area contributed by atoms with Crippen molar-refractivity contribution in [1.29, 1.82) is 0 Å². The molecule has 0 spiro atoms. The van der Waals surface area contributed by atoms with Crippen molar-refractivity contribution >= 4 is 28.5 Å². The van der Waals surface area contributed by atoms with E-state index in [0.29, 0.717) is 89.4 Å². The topological polar surface area (TPSA) is 163 Å². The molecule has 1 aromatic carbocycles. The highest BCUT2D eigenvalue weighted by Crippen LogP contribution is 2.37. The third-order valence-electron chi connectivity index (χ3n) is 7.49. The van der Waals surface area contributed by atoms with Crippen molar-refractivity contribution in [2.75, 3.05) is 84.1 Å². The van der Waals surface area contributed by atoms with Gasteiger partial charge in [0.05, 0.1) is 64.4 Å². The van der Waals surface area contributed by atoms with Gasteiger partial charge in [-0.15, -0.1) is 6.42 Å². The molecule has 0 saturated carbocycles. The molecule has 5 rings (SSSR count). The Morgan fingerprint density at radius 3 is 2.18 bits per heavy atom. The third kappa shape index (κ3) is 8.39. The molecular formula is C30H38ClN5O9. The molecule has 0 aliphatic carbocycles. The van der Waals surface area contributed by atoms with Gasteiger partial charge in [-0.1, -0.05) is 18.1 Å². The maximum absolute atomic E-state index is 10.5. The number of nitrogens with zero attached hydrogens (tertiary/aromatic N) is 5. The zero-order chi connectivity index (χ0) is 31.6. The average Bonchev–Trinajstić information content (AvgIpc) is 3.56. The van der Waals surface area contributed by atoms with Crippen LogP contribution in [0.1, 0.15) is 17.7 Å². The van der Waals surface area contributed by atoms with Gasteiger partial charge in [0.15, 0.2) is 11.9 Å². The Hall–Kier alpha value is -3.10. The number of aliphatic hydroxyl groups is 3. The molecule has 15 heteroatoms. The molecule has 3 aromatic rings. The van der Waals surface area contributed by atoms with Crippen LogP contribution in [0.2, 0.25) is 5.28 Å². The Morgan fingerprint density at radius 2 is 1.56 bits per heavy atom. The summed E-state index contributed by atoms with van der Waals surface area (Å²) in [5, 5.41) is 35.1. The summed E-state index contributed by atoms with van der Waals surface area (Å²) in [7, 11) is 0. The lowest BCUT2D eigenvalue weighted by Gasteiger charge is -2.40. The van der Waals surface area contributed by atoms with Crippen LogP contribution in [0.25, 0.3) is 11.0 Å². The minimum absolute atomic E-state index is 0.0246. The first-order valence-corrected chi connectivity index (χ1v) is 15.1. The molecular weight excluding hydrogens is 610 g/mol. The molecule has 0 bridgehead atoms. The van der Waals surface area contributed by atoms with Crippen molar-refractivity contribution in [3.8, 4) is 18.1 Å². The highest BCUT2D eigenvalue weighted by Gasteiger charge is 2.44. The van der Waals surface area contributed by atoms with Crippen molar-refractivity contribution in [3.05, 3.63) is 41.3 Å². The van der Waals surface area contributed by atoms with Gasteiger partial charge in [-0.2, -0.15) is 15.1 Å². The van der Waals surface area contributed by atoms with Gasteiger partial charge in [-0.3, -0.25) is 0 Å². The maximum atomic E-state index is 10.5. The molecule has 2 aromatic heterocycles. The van der Waals surface area contributed by atoms with Gasteiger partial charge in [0.1, 0.15) is 43.1 Å². The fourth-order valence-electron chi connectivity index (χ4n) is 5.10. The van der Waals surface area contributed by atoms with E-state index in [1.54, 1.807) is 6.20 Å². The maximum Gasteiger partial charge on any atom is 0.226 e. The molecule has 2 saturated heterocycles. The SMILES string of the molecule is C#CCOCCOCCOCCOCCOc1ccc(C2CN(c3nc(Cl)nc4c3cnn4[C@@H]3O[C@H](CO)[C@@H](O)[C@H]3O)C2)cc1. The van der Waals surface area contributed by atoms with Crippen molar-refractivity contribution < 1.29 is 43.7 Å². The zero-order valence-electron chi connectivity index (χ0n) is 24.7. The normalized spacial score (nSPS) is 21.7. The summed E-state index contributed by atoms with van der Waals surface area (Å²) in [6.45, 7) is 5.04. The predicted octanol–water partition coefficient (Wildman–Crippen LogP) is 0.773. The molecule has 4 heterocycles. The van der Waals surface area contributed by atoms with Crippen molar-refractivity contribution in [2.45, 2.75) is 30.5 Å². The van der Waals surface area contributed by atoms with Gasteiger partial charge in [-0.05, 0) is 29.3 Å². The Balaban J connectivity index is 1.02. The second-order valence-corrected chi connectivity index (χ2v) is 10.8. The summed E-state index contributed by atoms with van der Waals surface area (Å²) in [5.41, 5.74) is 1.54. The summed E-state index contributed by atoms with van der Waals surface area (Å²) < 4.78 is 34.3. The summed E-state index contributed by atoms with van der Waals surface area (Å²) >= 11 is 6.27. The largest absolute Gasteiger partial charge is 0.491 e. The van der Waals surface area contributed by atoms with Crippen LogP contribution < -0.4 is 9.64 Å². The molecule has 4 atom stereocenters. The molecule has 0 amide bonds. The monoisotopic (exact) mass is 647 g/mol. The van der Waals surface area contributed by atoms with Gasteiger partial charge < -0.3 is 48.6 Å². The number of halogens is 1. The van der Waals surface area contributed by atoms with E-state index in [1.807, 2.05) is 12.1 Å². The summed E-state index contributed by atoms with van der Waals surface area (Å²) in [6, 6.07) is 8.00. The van der Waals surface area contributed by atoms with Crippen LogP contribution in [0.5, 0.6) is 5.75 Å². The van der Waals surface area contributed by atoms with Crippen LogP contribution in [-0.4, -0.2) is 133 Å². The Morgan fingerprint density at radius 1 is 0.911 bits per heavy atom. The van der Waals surface area contributed by atoms with E-state index in [0.717, 1.165) is 5.75 Å². The van der Waals surface area contributed by atoms with E-state index in [2.05, 4.69) is 38.0 Å². The fourth-order valence-corrected chi connectivity index (χ4v) is 5.26. The zero-order valence-corrected chi connectivity index (χ0v) is 25.5. The number of fused-ring (bicyclic) bond motifs is 1. The van der Waals surface area contributed by atoms with E-state index in [9.17, 15) is 15.3 Å². The number of hydrogen-bond donors (Lipinski definition) is 3. The number of rotatable bonds is 18. The van der Waals surface area contributed by atoms with Crippen LogP contribution in [0.4, 0.5) is 5.82 Å². The third-order valence-corrected chi connectivity index (χ3v) is 7.66. The number of hydrogen-bond acceptors (Lipinski definition) is 13. The Labute approximate surface area is 265 Å².